The molecule has 0 bridgehead atoms. The summed E-state index contributed by atoms with van der Waals surface area (Å²) in [5.41, 5.74) is 0. The van der Waals surface area contributed by atoms with Gasteiger partial charge in [0.25, 0.3) is 0 Å². The molecule has 0 saturated heterocycles. The van der Waals surface area contributed by atoms with Crippen LogP contribution in [-0.4, -0.2) is 59.6 Å². The van der Waals surface area contributed by atoms with Crippen LogP contribution in [0.3, 0.4) is 0 Å². The van der Waals surface area contributed by atoms with E-state index in [1.807, 2.05) is 0 Å². The number of hydrogen-bond donors (Lipinski definition) is 2. The van der Waals surface area contributed by atoms with E-state index in [2.05, 4.69) is 57.2 Å². The summed E-state index contributed by atoms with van der Waals surface area (Å²) >= 11 is 0. The van der Waals surface area contributed by atoms with E-state index in [4.69, 9.17) is 14.2 Å². The van der Waals surface area contributed by atoms with Crippen LogP contribution in [0.4, 0.5) is 0 Å². The zero-order valence-electron chi connectivity index (χ0n) is 42.7. The molecule has 0 aliphatic rings. The summed E-state index contributed by atoms with van der Waals surface area (Å²) in [7, 11) is 0. The predicted molar refractivity (Wildman–Crippen MR) is 273 cm³/mol. The molecule has 0 saturated carbocycles. The predicted octanol–water partition coefficient (Wildman–Crippen LogP) is 16.0. The molecule has 65 heavy (non-hydrogen) atoms. The fourth-order valence-corrected chi connectivity index (χ4v) is 7.93. The number of aliphatic hydroxyl groups excluding tert-OH is 2. The van der Waals surface area contributed by atoms with E-state index in [0.717, 1.165) is 148 Å². The molecule has 0 spiro atoms. The quantitative estimate of drug-likeness (QED) is 0.0268. The van der Waals surface area contributed by atoms with E-state index in [0.29, 0.717) is 12.8 Å². The lowest BCUT2D eigenvalue weighted by Crippen LogP contribution is -2.30. The highest BCUT2D eigenvalue weighted by molar-refractivity contribution is 5.71. The summed E-state index contributed by atoms with van der Waals surface area (Å²) in [4.78, 5) is 38.1. The maximum Gasteiger partial charge on any atom is 0.306 e. The molecular weight excluding hydrogens is 813 g/mol. The molecule has 0 aliphatic heterocycles. The van der Waals surface area contributed by atoms with Crippen LogP contribution < -0.4 is 0 Å². The zero-order valence-corrected chi connectivity index (χ0v) is 42.7. The van der Waals surface area contributed by atoms with Crippen molar-refractivity contribution in [3.05, 3.63) is 36.5 Å². The van der Waals surface area contributed by atoms with Crippen molar-refractivity contribution < 1.29 is 38.8 Å². The lowest BCUT2D eigenvalue weighted by atomic mass is 10.1. The van der Waals surface area contributed by atoms with Crippen LogP contribution in [0.1, 0.15) is 278 Å². The topological polar surface area (TPSA) is 119 Å². The lowest BCUT2D eigenvalue weighted by molar-refractivity contribution is -0.167. The van der Waals surface area contributed by atoms with Gasteiger partial charge in [-0.05, 0) is 96.3 Å². The molecule has 0 aromatic heterocycles. The van der Waals surface area contributed by atoms with Gasteiger partial charge in [-0.15, -0.1) is 0 Å². The first-order valence-corrected chi connectivity index (χ1v) is 27.6. The molecule has 2 N–H and O–H groups in total. The number of carbonyl (C=O) groups excluding carboxylic acids is 3. The van der Waals surface area contributed by atoms with Gasteiger partial charge in [0.2, 0.25) is 0 Å². The van der Waals surface area contributed by atoms with Crippen LogP contribution in [0, 0.1) is 0 Å². The summed E-state index contributed by atoms with van der Waals surface area (Å²) < 4.78 is 16.8. The first-order valence-electron chi connectivity index (χ1n) is 27.6. The Labute approximate surface area is 401 Å². The second-order valence-electron chi connectivity index (χ2n) is 18.8. The summed E-state index contributed by atoms with van der Waals surface area (Å²) in [6, 6.07) is 0. The number of esters is 3. The highest BCUT2D eigenvalue weighted by Gasteiger charge is 2.19. The Kier molecular flexibility index (Phi) is 49.0. The highest BCUT2D eigenvalue weighted by atomic mass is 16.6. The number of ether oxygens (including phenoxy) is 3. The Bertz CT molecular complexity index is 1130. The standard InChI is InChI=1S/C57H104O8/c1-4-7-10-13-14-15-16-17-18-19-20-21-28-33-40-47-55(60)63-50-54(65-57(62)49-42-35-30-25-23-27-32-39-46-53(59)44-37-12-9-6-3)51-64-56(61)48-41-34-29-24-22-26-31-38-45-52(58)43-36-11-8-5-2/h17-18,31-32,38-39,52-54,58-59H,4-16,19-30,33-37,40-51H2,1-3H3/t52-,53-,54?/m1/s1. The van der Waals surface area contributed by atoms with Gasteiger partial charge in [-0.1, -0.05) is 198 Å². The Morgan fingerprint density at radius 1 is 0.369 bits per heavy atom. The molecule has 380 valence electrons. The van der Waals surface area contributed by atoms with Crippen molar-refractivity contribution in [3.8, 4) is 0 Å². The third-order valence-electron chi connectivity index (χ3n) is 12.2. The van der Waals surface area contributed by atoms with Gasteiger partial charge in [-0.3, -0.25) is 14.4 Å². The van der Waals surface area contributed by atoms with Gasteiger partial charge in [0.15, 0.2) is 6.10 Å². The van der Waals surface area contributed by atoms with Crippen molar-refractivity contribution in [2.24, 2.45) is 0 Å². The van der Waals surface area contributed by atoms with Crippen molar-refractivity contribution in [2.75, 3.05) is 13.2 Å². The van der Waals surface area contributed by atoms with E-state index in [1.54, 1.807) is 0 Å². The molecule has 0 aromatic rings. The number of aliphatic hydroxyl groups is 2. The van der Waals surface area contributed by atoms with Gasteiger partial charge in [0.05, 0.1) is 12.2 Å². The minimum Gasteiger partial charge on any atom is -0.462 e. The fourth-order valence-electron chi connectivity index (χ4n) is 7.93. The molecule has 8 heteroatoms. The van der Waals surface area contributed by atoms with Crippen LogP contribution in [0.5, 0.6) is 0 Å². The average molecular weight is 917 g/mol. The summed E-state index contributed by atoms with van der Waals surface area (Å²) in [5.74, 6) is -0.992. The van der Waals surface area contributed by atoms with Crippen molar-refractivity contribution in [1.82, 2.24) is 0 Å². The Morgan fingerprint density at radius 3 is 1.03 bits per heavy atom. The molecule has 1 unspecified atom stereocenters. The van der Waals surface area contributed by atoms with E-state index < -0.39 is 6.10 Å². The molecular formula is C57H104O8. The summed E-state index contributed by atoms with van der Waals surface area (Å²) in [6.45, 7) is 6.43. The number of carbonyl (C=O) groups is 3. The first kappa shape index (κ1) is 62.5. The third kappa shape index (κ3) is 49.3. The lowest BCUT2D eigenvalue weighted by Gasteiger charge is -2.18. The van der Waals surface area contributed by atoms with Crippen LogP contribution in [-0.2, 0) is 28.6 Å². The zero-order chi connectivity index (χ0) is 47.5. The Balaban J connectivity index is 4.47. The molecule has 0 amide bonds. The molecule has 8 nitrogen and oxygen atoms in total. The highest BCUT2D eigenvalue weighted by Crippen LogP contribution is 2.15. The van der Waals surface area contributed by atoms with E-state index in [-0.39, 0.29) is 49.8 Å². The van der Waals surface area contributed by atoms with E-state index in [9.17, 15) is 24.6 Å². The minimum atomic E-state index is -0.818. The molecule has 0 fully saturated rings. The summed E-state index contributed by atoms with van der Waals surface area (Å²) in [6.07, 6.45) is 53.0. The summed E-state index contributed by atoms with van der Waals surface area (Å²) in [5, 5.41) is 20.2. The smallest absolute Gasteiger partial charge is 0.306 e. The SMILES string of the molecule is CCCCCCCCC=CCCCCCCCC(=O)OCC(COC(=O)CCCCCCCC=CC[C@H](O)CCCCCC)OC(=O)CCCCCCCC=CC[C@H](O)CCCCCC. The van der Waals surface area contributed by atoms with Gasteiger partial charge in [-0.2, -0.15) is 0 Å². The van der Waals surface area contributed by atoms with Crippen LogP contribution in [0.25, 0.3) is 0 Å². The van der Waals surface area contributed by atoms with E-state index in [1.165, 1.54) is 89.9 Å². The Hall–Kier alpha value is -2.45. The first-order chi connectivity index (χ1) is 31.8. The number of unbranched alkanes of at least 4 members (excludes halogenated alkanes) is 27. The van der Waals surface area contributed by atoms with Gasteiger partial charge in [0, 0.05) is 19.3 Å². The number of hydrogen-bond acceptors (Lipinski definition) is 8. The molecule has 0 rings (SSSR count). The second-order valence-corrected chi connectivity index (χ2v) is 18.8. The molecule has 0 aromatic carbocycles. The maximum atomic E-state index is 12.8. The van der Waals surface area contributed by atoms with Gasteiger partial charge >= 0.3 is 17.9 Å². The molecule has 0 heterocycles. The fraction of sp³-hybridized carbons (Fsp3) is 0.842. The van der Waals surface area contributed by atoms with Crippen molar-refractivity contribution in [3.63, 3.8) is 0 Å². The maximum absolute atomic E-state index is 12.8. The monoisotopic (exact) mass is 917 g/mol. The van der Waals surface area contributed by atoms with E-state index >= 15 is 0 Å². The van der Waals surface area contributed by atoms with Crippen LogP contribution >= 0.6 is 0 Å². The molecule has 0 aliphatic carbocycles. The van der Waals surface area contributed by atoms with Crippen molar-refractivity contribution >= 4 is 17.9 Å². The largest absolute Gasteiger partial charge is 0.462 e. The molecule has 3 atom stereocenters. The Morgan fingerprint density at radius 2 is 0.662 bits per heavy atom. The average Bonchev–Trinajstić information content (AvgIpc) is 3.30. The normalized spacial score (nSPS) is 13.2. The van der Waals surface area contributed by atoms with Gasteiger partial charge in [0.1, 0.15) is 13.2 Å². The number of rotatable bonds is 50. The molecule has 0 radical (unpaired) electrons. The van der Waals surface area contributed by atoms with Crippen LogP contribution in [0.15, 0.2) is 36.5 Å². The van der Waals surface area contributed by atoms with Gasteiger partial charge < -0.3 is 24.4 Å². The second kappa shape index (κ2) is 51.0. The number of allylic oxidation sites excluding steroid dienone is 4. The third-order valence-corrected chi connectivity index (χ3v) is 12.2. The van der Waals surface area contributed by atoms with Crippen molar-refractivity contribution in [1.29, 1.82) is 0 Å². The van der Waals surface area contributed by atoms with Gasteiger partial charge in [-0.25, -0.2) is 0 Å². The minimum absolute atomic E-state index is 0.112. The van der Waals surface area contributed by atoms with Crippen LogP contribution in [0.2, 0.25) is 0 Å². The van der Waals surface area contributed by atoms with Crippen molar-refractivity contribution in [2.45, 2.75) is 296 Å².